The average Bonchev–Trinajstić information content (AvgIpc) is 2.87. The fourth-order valence-electron chi connectivity index (χ4n) is 2.06. The van der Waals surface area contributed by atoms with E-state index in [0.29, 0.717) is 0 Å². The van der Waals surface area contributed by atoms with Gasteiger partial charge in [0.25, 0.3) is 0 Å². The van der Waals surface area contributed by atoms with E-state index in [1.807, 2.05) is 11.8 Å². The molecule has 2 N–H and O–H groups in total. The van der Waals surface area contributed by atoms with Gasteiger partial charge in [-0.25, -0.2) is 0 Å². The number of carboxylic acid groups (broad SMARTS) is 1. The van der Waals surface area contributed by atoms with Gasteiger partial charge in [-0.1, -0.05) is 12.8 Å². The molecule has 2 rings (SSSR count). The van der Waals surface area contributed by atoms with E-state index in [2.05, 4.69) is 12.2 Å². The van der Waals surface area contributed by atoms with Crippen molar-refractivity contribution < 1.29 is 9.90 Å². The summed E-state index contributed by atoms with van der Waals surface area (Å²) in [6, 6.07) is -0.333. The third kappa shape index (κ3) is 2.42. The van der Waals surface area contributed by atoms with Gasteiger partial charge >= 0.3 is 5.97 Å². The molecule has 0 aromatic rings. The van der Waals surface area contributed by atoms with Crippen LogP contribution in [0.25, 0.3) is 0 Å². The van der Waals surface area contributed by atoms with Gasteiger partial charge in [0, 0.05) is 0 Å². The number of hydrogen-bond acceptors (Lipinski definition) is 3. The molecule has 0 amide bonds. The van der Waals surface area contributed by atoms with Crippen LogP contribution >= 0.6 is 11.8 Å². The van der Waals surface area contributed by atoms with Gasteiger partial charge in [0.15, 0.2) is 0 Å². The van der Waals surface area contributed by atoms with Gasteiger partial charge in [-0.15, -0.1) is 11.8 Å². The Morgan fingerprint density at radius 1 is 1.57 bits per heavy atom. The van der Waals surface area contributed by atoms with Crippen LogP contribution in [0.5, 0.6) is 0 Å². The van der Waals surface area contributed by atoms with Crippen LogP contribution < -0.4 is 5.32 Å². The lowest BCUT2D eigenvalue weighted by Crippen LogP contribution is -2.53. The standard InChI is InChI=1S/C10H17NO2S/c1-10(6-7-2-3-7)11-8(9(12)13)4-5-14-10/h7-8,11H,2-6H2,1H3,(H,12,13). The molecule has 0 bridgehead atoms. The first-order chi connectivity index (χ1) is 6.59. The Balaban J connectivity index is 1.93. The predicted octanol–water partition coefficient (Wildman–Crippen LogP) is 1.68. The van der Waals surface area contributed by atoms with Crippen LogP contribution in [0.3, 0.4) is 0 Å². The molecule has 1 heterocycles. The fraction of sp³-hybridized carbons (Fsp3) is 0.900. The maximum atomic E-state index is 10.9. The molecule has 1 saturated heterocycles. The van der Waals surface area contributed by atoms with E-state index in [9.17, 15) is 4.79 Å². The molecule has 1 aliphatic heterocycles. The number of carbonyl (C=O) groups is 1. The van der Waals surface area contributed by atoms with E-state index in [1.165, 1.54) is 12.8 Å². The number of hydrogen-bond donors (Lipinski definition) is 2. The van der Waals surface area contributed by atoms with Crippen LogP contribution in [0, 0.1) is 5.92 Å². The maximum Gasteiger partial charge on any atom is 0.320 e. The number of thioether (sulfide) groups is 1. The summed E-state index contributed by atoms with van der Waals surface area (Å²) < 4.78 is 0. The maximum absolute atomic E-state index is 10.9. The summed E-state index contributed by atoms with van der Waals surface area (Å²) in [5.41, 5.74) is 0. The fourth-order valence-corrected chi connectivity index (χ4v) is 3.44. The van der Waals surface area contributed by atoms with Crippen molar-refractivity contribution in [2.24, 2.45) is 5.92 Å². The normalized spacial score (nSPS) is 38.2. The molecular weight excluding hydrogens is 198 g/mol. The molecule has 0 spiro atoms. The second-order valence-corrected chi connectivity index (χ2v) is 6.15. The van der Waals surface area contributed by atoms with E-state index < -0.39 is 5.97 Å². The lowest BCUT2D eigenvalue weighted by Gasteiger charge is -2.37. The summed E-state index contributed by atoms with van der Waals surface area (Å²) >= 11 is 1.88. The Morgan fingerprint density at radius 3 is 2.86 bits per heavy atom. The molecule has 2 unspecified atom stereocenters. The van der Waals surface area contributed by atoms with Crippen LogP contribution in [-0.2, 0) is 4.79 Å². The molecule has 0 radical (unpaired) electrons. The molecule has 0 aromatic carbocycles. The minimum absolute atomic E-state index is 0.00245. The van der Waals surface area contributed by atoms with E-state index >= 15 is 0 Å². The minimum atomic E-state index is -0.702. The van der Waals surface area contributed by atoms with Crippen molar-refractivity contribution in [1.29, 1.82) is 0 Å². The van der Waals surface area contributed by atoms with Crippen molar-refractivity contribution >= 4 is 17.7 Å². The third-order valence-corrected chi connectivity index (χ3v) is 4.34. The highest BCUT2D eigenvalue weighted by Crippen LogP contribution is 2.42. The first-order valence-corrected chi connectivity index (χ1v) is 6.22. The van der Waals surface area contributed by atoms with Gasteiger partial charge < -0.3 is 5.11 Å². The van der Waals surface area contributed by atoms with Gasteiger partial charge in [-0.2, -0.15) is 0 Å². The Bertz CT molecular complexity index is 242. The second kappa shape index (κ2) is 3.74. The summed E-state index contributed by atoms with van der Waals surface area (Å²) in [6.07, 6.45) is 4.53. The van der Waals surface area contributed by atoms with Gasteiger partial charge in [0.1, 0.15) is 6.04 Å². The van der Waals surface area contributed by atoms with Crippen LogP contribution in [0.2, 0.25) is 0 Å². The predicted molar refractivity (Wildman–Crippen MR) is 57.4 cm³/mol. The zero-order valence-electron chi connectivity index (χ0n) is 8.45. The van der Waals surface area contributed by atoms with Crippen LogP contribution in [0.1, 0.15) is 32.6 Å². The number of rotatable bonds is 3. The Hall–Kier alpha value is -0.220. The summed E-state index contributed by atoms with van der Waals surface area (Å²) in [4.78, 5) is 10.9. The van der Waals surface area contributed by atoms with Crippen molar-refractivity contribution in [2.75, 3.05) is 5.75 Å². The summed E-state index contributed by atoms with van der Waals surface area (Å²) in [5, 5.41) is 12.2. The van der Waals surface area contributed by atoms with E-state index in [0.717, 1.165) is 24.5 Å². The van der Waals surface area contributed by atoms with Crippen LogP contribution in [0.4, 0.5) is 0 Å². The number of aliphatic carboxylic acids is 1. The first-order valence-electron chi connectivity index (χ1n) is 5.23. The Kier molecular flexibility index (Phi) is 2.75. The van der Waals surface area contributed by atoms with E-state index in [1.54, 1.807) is 0 Å². The third-order valence-electron chi connectivity index (χ3n) is 2.98. The molecule has 2 atom stereocenters. The molecule has 14 heavy (non-hydrogen) atoms. The zero-order valence-corrected chi connectivity index (χ0v) is 9.27. The largest absolute Gasteiger partial charge is 0.480 e. The molecule has 80 valence electrons. The molecule has 2 fully saturated rings. The highest BCUT2D eigenvalue weighted by molar-refractivity contribution is 8.00. The quantitative estimate of drug-likeness (QED) is 0.752. The lowest BCUT2D eigenvalue weighted by atomic mass is 10.1. The molecular formula is C10H17NO2S. The average molecular weight is 215 g/mol. The summed E-state index contributed by atoms with van der Waals surface area (Å²) in [6.45, 7) is 2.14. The first kappa shape index (κ1) is 10.3. The van der Waals surface area contributed by atoms with Gasteiger partial charge in [0.05, 0.1) is 4.87 Å². The topological polar surface area (TPSA) is 49.3 Å². The van der Waals surface area contributed by atoms with Crippen molar-refractivity contribution in [3.8, 4) is 0 Å². The molecule has 0 aromatic heterocycles. The van der Waals surface area contributed by atoms with E-state index in [4.69, 9.17) is 5.11 Å². The van der Waals surface area contributed by atoms with Crippen LogP contribution in [0.15, 0.2) is 0 Å². The zero-order chi connectivity index (χ0) is 10.2. The van der Waals surface area contributed by atoms with Gasteiger partial charge in [-0.05, 0) is 31.4 Å². The summed E-state index contributed by atoms with van der Waals surface area (Å²) in [7, 11) is 0. The SMILES string of the molecule is CC1(CC2CC2)NC(C(=O)O)CCS1. The van der Waals surface area contributed by atoms with E-state index in [-0.39, 0.29) is 10.9 Å². The molecule has 2 aliphatic rings. The second-order valence-electron chi connectivity index (χ2n) is 4.55. The number of carboxylic acids is 1. The van der Waals surface area contributed by atoms with Gasteiger partial charge in [0.2, 0.25) is 0 Å². The monoisotopic (exact) mass is 215 g/mol. The Morgan fingerprint density at radius 2 is 2.29 bits per heavy atom. The minimum Gasteiger partial charge on any atom is -0.480 e. The molecule has 1 aliphatic carbocycles. The van der Waals surface area contributed by atoms with Gasteiger partial charge in [-0.3, -0.25) is 10.1 Å². The molecule has 1 saturated carbocycles. The lowest BCUT2D eigenvalue weighted by molar-refractivity contribution is -0.140. The van der Waals surface area contributed by atoms with Crippen molar-refractivity contribution in [2.45, 2.75) is 43.5 Å². The molecule has 3 nitrogen and oxygen atoms in total. The number of nitrogens with one attached hydrogen (secondary N) is 1. The van der Waals surface area contributed by atoms with Crippen LogP contribution in [-0.4, -0.2) is 27.7 Å². The van der Waals surface area contributed by atoms with Crippen molar-refractivity contribution in [1.82, 2.24) is 5.32 Å². The highest BCUT2D eigenvalue weighted by atomic mass is 32.2. The molecule has 4 heteroatoms. The van der Waals surface area contributed by atoms with Crippen molar-refractivity contribution in [3.05, 3.63) is 0 Å². The Labute approximate surface area is 88.6 Å². The smallest absolute Gasteiger partial charge is 0.320 e. The highest BCUT2D eigenvalue weighted by Gasteiger charge is 2.39. The summed E-state index contributed by atoms with van der Waals surface area (Å²) in [5.74, 6) is 1.10. The van der Waals surface area contributed by atoms with Crippen molar-refractivity contribution in [3.63, 3.8) is 0 Å².